The Balaban J connectivity index is 1.02. The molecular formula is C44H47ClN8O5S2. The fourth-order valence-electron chi connectivity index (χ4n) is 6.97. The van der Waals surface area contributed by atoms with E-state index in [9.17, 15) is 18.5 Å². The van der Waals surface area contributed by atoms with Gasteiger partial charge in [0.2, 0.25) is 0 Å². The van der Waals surface area contributed by atoms with Gasteiger partial charge in [-0.05, 0) is 85.4 Å². The second-order valence-electron chi connectivity index (χ2n) is 14.7. The molecule has 0 spiro atoms. The highest BCUT2D eigenvalue weighted by Gasteiger charge is 2.25. The van der Waals surface area contributed by atoms with Crippen molar-refractivity contribution < 1.29 is 18.1 Å². The van der Waals surface area contributed by atoms with Crippen molar-refractivity contribution in [2.24, 2.45) is 0 Å². The number of nitrogens with zero attached hydrogens (tertiary/aromatic N) is 6. The Morgan fingerprint density at radius 2 is 1.67 bits per heavy atom. The first-order chi connectivity index (χ1) is 29.0. The lowest BCUT2D eigenvalue weighted by Crippen LogP contribution is -2.46. The summed E-state index contributed by atoms with van der Waals surface area (Å²) in [7, 11) is -0.380. The van der Waals surface area contributed by atoms with E-state index in [4.69, 9.17) is 16.3 Å². The second kappa shape index (κ2) is 19.8. The van der Waals surface area contributed by atoms with Gasteiger partial charge in [-0.15, -0.1) is 11.8 Å². The molecule has 2 heterocycles. The molecule has 1 aliphatic heterocycles. The molecule has 6 aromatic rings. The monoisotopic (exact) mass is 866 g/mol. The number of fused-ring (bicyclic) bond motifs is 1. The molecule has 1 saturated heterocycles. The molecule has 1 atom stereocenters. The number of ether oxygens (including phenoxy) is 1. The van der Waals surface area contributed by atoms with E-state index in [1.165, 1.54) is 29.6 Å². The van der Waals surface area contributed by atoms with E-state index in [0.29, 0.717) is 34.9 Å². The summed E-state index contributed by atoms with van der Waals surface area (Å²) in [5.41, 5.74) is 4.94. The molecule has 0 aliphatic carbocycles. The topological polar surface area (TPSA) is 146 Å². The molecule has 0 bridgehead atoms. The molecule has 13 nitrogen and oxygen atoms in total. The van der Waals surface area contributed by atoms with Gasteiger partial charge in [0, 0.05) is 72.1 Å². The molecule has 5 aromatic carbocycles. The fourth-order valence-corrected chi connectivity index (χ4v) is 9.07. The van der Waals surface area contributed by atoms with Gasteiger partial charge in [0.15, 0.2) is 5.82 Å². The second-order valence-corrected chi connectivity index (χ2v) is 17.9. The third-order valence-corrected chi connectivity index (χ3v) is 13.0. The normalized spacial score (nSPS) is 14.0. The number of hydrogen-bond acceptors (Lipinski definition) is 12. The predicted molar refractivity (Wildman–Crippen MR) is 242 cm³/mol. The summed E-state index contributed by atoms with van der Waals surface area (Å²) in [5, 5.41) is 16.8. The van der Waals surface area contributed by atoms with Gasteiger partial charge in [0.05, 0.1) is 34.6 Å². The van der Waals surface area contributed by atoms with Gasteiger partial charge in [-0.1, -0.05) is 66.2 Å². The van der Waals surface area contributed by atoms with E-state index >= 15 is 0 Å². The molecule has 7 rings (SSSR count). The van der Waals surface area contributed by atoms with Crippen LogP contribution in [0.1, 0.15) is 5.56 Å². The molecule has 312 valence electrons. The minimum atomic E-state index is -4.29. The maximum absolute atomic E-state index is 13.8. The largest absolute Gasteiger partial charge is 0.378 e. The highest BCUT2D eigenvalue weighted by molar-refractivity contribution is 7.99. The molecule has 1 aromatic heterocycles. The first-order valence-corrected chi connectivity index (χ1v) is 22.4. The number of nitro groups is 1. The number of benzene rings is 5. The van der Waals surface area contributed by atoms with Crippen LogP contribution in [0.2, 0.25) is 5.02 Å². The van der Waals surface area contributed by atoms with Crippen molar-refractivity contribution in [2.45, 2.75) is 22.4 Å². The molecule has 0 saturated carbocycles. The predicted octanol–water partition coefficient (Wildman–Crippen LogP) is 8.13. The number of thioether (sulfide) groups is 1. The van der Waals surface area contributed by atoms with Crippen LogP contribution >= 0.6 is 23.4 Å². The van der Waals surface area contributed by atoms with Crippen LogP contribution in [-0.4, -0.2) is 105 Å². The van der Waals surface area contributed by atoms with Gasteiger partial charge in [-0.25, -0.2) is 18.4 Å². The zero-order chi connectivity index (χ0) is 42.1. The average molecular weight is 867 g/mol. The zero-order valence-electron chi connectivity index (χ0n) is 33.4. The molecule has 2 N–H and O–H groups in total. The van der Waals surface area contributed by atoms with E-state index < -0.39 is 14.9 Å². The molecule has 0 unspecified atom stereocenters. The van der Waals surface area contributed by atoms with E-state index in [1.54, 1.807) is 17.8 Å². The molecule has 0 amide bonds. The summed E-state index contributed by atoms with van der Waals surface area (Å²) in [6, 6.07) is 35.4. The lowest BCUT2D eigenvalue weighted by molar-refractivity contribution is -0.384. The first kappa shape index (κ1) is 42.8. The molecule has 1 aliphatic rings. The Hall–Kier alpha value is -5.29. The van der Waals surface area contributed by atoms with Crippen LogP contribution < -0.4 is 14.9 Å². The van der Waals surface area contributed by atoms with E-state index in [-0.39, 0.29) is 28.1 Å². The number of halogens is 1. The number of sulfonamides is 1. The molecule has 0 radical (unpaired) electrons. The highest BCUT2D eigenvalue weighted by Crippen LogP contribution is 2.32. The number of nitrogens with one attached hydrogen (secondary N) is 2. The number of likely N-dealkylation sites (N-methyl/N-ethyl adjacent to an activating group) is 1. The number of hydrogen-bond donors (Lipinski definition) is 2. The minimum Gasteiger partial charge on any atom is -0.378 e. The summed E-state index contributed by atoms with van der Waals surface area (Å²) < 4.78 is 36.0. The number of rotatable bonds is 18. The summed E-state index contributed by atoms with van der Waals surface area (Å²) in [5.74, 6) is 0.637. The van der Waals surface area contributed by atoms with Gasteiger partial charge >= 0.3 is 0 Å². The van der Waals surface area contributed by atoms with E-state index in [1.807, 2.05) is 73.6 Å². The van der Waals surface area contributed by atoms with Crippen molar-refractivity contribution in [3.05, 3.63) is 142 Å². The van der Waals surface area contributed by atoms with Crippen molar-refractivity contribution in [2.75, 3.05) is 80.7 Å². The standard InChI is InChI=1S/C44H47ClN8O5S2/c1-50(2)24-25-58-29-35(30-59-37-9-4-3-5-10-37)48-41-19-17-38(27-43(41)53(54)55)60(56,57)49-44-40-18-16-36(26-42(40)46-31-47-44)52-22-20-51(21-23-52)28-33-8-6-7-11-39(33)32-12-14-34(45)15-13-32/h3-19,26-27,31,35,48H,20-25,28-30H2,1-2H3,(H,46,47,49)/t35-/m1/s1. The summed E-state index contributed by atoms with van der Waals surface area (Å²) in [6.07, 6.45) is 1.31. The summed E-state index contributed by atoms with van der Waals surface area (Å²) in [6.45, 7) is 5.67. The van der Waals surface area contributed by atoms with Gasteiger partial charge in [0.25, 0.3) is 15.7 Å². The Morgan fingerprint density at radius 1 is 0.917 bits per heavy atom. The Labute approximate surface area is 359 Å². The number of piperazine rings is 1. The smallest absolute Gasteiger partial charge is 0.293 e. The number of aromatic nitrogens is 2. The summed E-state index contributed by atoms with van der Waals surface area (Å²) >= 11 is 7.74. The Bertz CT molecular complexity index is 2510. The zero-order valence-corrected chi connectivity index (χ0v) is 35.8. The first-order valence-electron chi connectivity index (χ1n) is 19.6. The molecule has 1 fully saturated rings. The van der Waals surface area contributed by atoms with Crippen LogP contribution in [0.3, 0.4) is 0 Å². The van der Waals surface area contributed by atoms with Crippen LogP contribution in [0.4, 0.5) is 22.9 Å². The third-order valence-electron chi connectivity index (χ3n) is 10.2. The Morgan fingerprint density at radius 3 is 2.42 bits per heavy atom. The van der Waals surface area contributed by atoms with E-state index in [2.05, 4.69) is 66.2 Å². The van der Waals surface area contributed by atoms with Gasteiger partial charge in [0.1, 0.15) is 12.0 Å². The third kappa shape index (κ3) is 11.1. The van der Waals surface area contributed by atoms with Crippen molar-refractivity contribution in [1.29, 1.82) is 0 Å². The SMILES string of the molecule is CN(C)CCOC[C@H](CSc1ccccc1)Nc1ccc(S(=O)(=O)Nc2ncnc3cc(N4CCN(Cc5ccccc5-c5ccc(Cl)cc5)CC4)ccc23)cc1[N+](=O)[O-]. The number of anilines is 3. The van der Waals surface area contributed by atoms with Crippen LogP contribution in [-0.2, 0) is 21.3 Å². The molecule has 16 heteroatoms. The maximum Gasteiger partial charge on any atom is 0.293 e. The lowest BCUT2D eigenvalue weighted by atomic mass is 9.99. The molecular weight excluding hydrogens is 820 g/mol. The van der Waals surface area contributed by atoms with Crippen molar-refractivity contribution >= 4 is 67.2 Å². The van der Waals surface area contributed by atoms with Crippen LogP contribution in [0.15, 0.2) is 131 Å². The molecule has 60 heavy (non-hydrogen) atoms. The van der Waals surface area contributed by atoms with Crippen LogP contribution in [0.25, 0.3) is 22.0 Å². The van der Waals surface area contributed by atoms with Crippen LogP contribution in [0, 0.1) is 10.1 Å². The van der Waals surface area contributed by atoms with Gasteiger partial charge in [-0.3, -0.25) is 19.7 Å². The number of nitro benzene ring substituents is 1. The van der Waals surface area contributed by atoms with Gasteiger partial charge < -0.3 is 19.9 Å². The maximum atomic E-state index is 13.8. The quantitative estimate of drug-likeness (QED) is 0.0372. The van der Waals surface area contributed by atoms with E-state index in [0.717, 1.165) is 61.5 Å². The van der Waals surface area contributed by atoms with Crippen molar-refractivity contribution in [1.82, 2.24) is 19.8 Å². The van der Waals surface area contributed by atoms with Crippen molar-refractivity contribution in [3.8, 4) is 11.1 Å². The minimum absolute atomic E-state index is 0.0773. The lowest BCUT2D eigenvalue weighted by Gasteiger charge is -2.36. The summed E-state index contributed by atoms with van der Waals surface area (Å²) in [4.78, 5) is 28.0. The van der Waals surface area contributed by atoms with Gasteiger partial charge in [-0.2, -0.15) is 0 Å². The Kier molecular flexibility index (Phi) is 14.2. The van der Waals surface area contributed by atoms with Crippen molar-refractivity contribution in [3.63, 3.8) is 0 Å². The highest BCUT2D eigenvalue weighted by atomic mass is 35.5. The van der Waals surface area contributed by atoms with Crippen LogP contribution in [0.5, 0.6) is 0 Å². The fraction of sp³-hybridized carbons (Fsp3) is 0.273. The average Bonchev–Trinajstić information content (AvgIpc) is 3.25.